The molecule has 4 nitrogen and oxygen atoms in total. The van der Waals surface area contributed by atoms with Gasteiger partial charge >= 0.3 is 0 Å². The van der Waals surface area contributed by atoms with Gasteiger partial charge in [-0.2, -0.15) is 4.98 Å². The van der Waals surface area contributed by atoms with Crippen LogP contribution in [0.15, 0.2) is 51.4 Å². The van der Waals surface area contributed by atoms with Crippen molar-refractivity contribution in [3.63, 3.8) is 0 Å². The van der Waals surface area contributed by atoms with Crippen LogP contribution in [-0.2, 0) is 6.54 Å². The summed E-state index contributed by atoms with van der Waals surface area (Å²) in [4.78, 5) is 4.33. The highest BCUT2D eigenvalue weighted by Gasteiger charge is 2.07. The Balaban J connectivity index is 1.78. The molecule has 3 aromatic rings. The first kappa shape index (κ1) is 12.0. The maximum absolute atomic E-state index is 5.84. The van der Waals surface area contributed by atoms with Gasteiger partial charge in [-0.3, -0.25) is 0 Å². The number of nitrogens with one attached hydrogen (secondary N) is 1. The molecule has 0 radical (unpaired) electrons. The highest BCUT2D eigenvalue weighted by atomic mass is 79.9. The Bertz CT molecular complexity index is 706. The molecule has 0 aliphatic carbocycles. The third-order valence-electron chi connectivity index (χ3n) is 2.81. The number of nitrogens with zero attached hydrogens (tertiary/aromatic N) is 1. The minimum absolute atomic E-state index is 0.482. The number of rotatable bonds is 3. The third-order valence-corrected chi connectivity index (χ3v) is 3.34. The average molecular weight is 318 g/mol. The van der Waals surface area contributed by atoms with E-state index in [4.69, 9.17) is 10.2 Å². The van der Waals surface area contributed by atoms with E-state index in [1.807, 2.05) is 42.5 Å². The maximum atomic E-state index is 5.84. The van der Waals surface area contributed by atoms with Gasteiger partial charge in [0.15, 0.2) is 5.58 Å². The molecule has 19 heavy (non-hydrogen) atoms. The van der Waals surface area contributed by atoms with Gasteiger partial charge in [-0.25, -0.2) is 0 Å². The summed E-state index contributed by atoms with van der Waals surface area (Å²) in [5, 5.41) is 3.15. The number of nitrogen functional groups attached to an aromatic ring is 1. The van der Waals surface area contributed by atoms with Gasteiger partial charge in [0.2, 0.25) is 0 Å². The standard InChI is InChI=1S/C14H12BrN3O/c15-10-6-4-9(5-7-10)8-17-14-18-13-11(16)2-1-3-12(13)19-14/h1-7H,8,16H2,(H,17,18). The normalized spacial score (nSPS) is 10.8. The van der Waals surface area contributed by atoms with E-state index in [0.29, 0.717) is 29.3 Å². The van der Waals surface area contributed by atoms with Crippen LogP contribution in [0, 0.1) is 0 Å². The second kappa shape index (κ2) is 4.93. The van der Waals surface area contributed by atoms with E-state index in [9.17, 15) is 0 Å². The smallest absolute Gasteiger partial charge is 0.296 e. The molecule has 0 atom stereocenters. The van der Waals surface area contributed by atoms with E-state index in [1.54, 1.807) is 0 Å². The number of para-hydroxylation sites is 1. The lowest BCUT2D eigenvalue weighted by Crippen LogP contribution is -1.99. The van der Waals surface area contributed by atoms with Crippen molar-refractivity contribution in [2.75, 3.05) is 11.1 Å². The Hall–Kier alpha value is -2.01. The van der Waals surface area contributed by atoms with Crippen LogP contribution in [0.4, 0.5) is 11.7 Å². The average Bonchev–Trinajstić information content (AvgIpc) is 2.83. The molecule has 0 fully saturated rings. The molecule has 3 rings (SSSR count). The zero-order valence-corrected chi connectivity index (χ0v) is 11.6. The van der Waals surface area contributed by atoms with Crippen molar-refractivity contribution in [1.82, 2.24) is 4.98 Å². The van der Waals surface area contributed by atoms with Crippen LogP contribution in [0.2, 0.25) is 0 Å². The molecule has 3 N–H and O–H groups in total. The Labute approximate surface area is 118 Å². The molecular weight excluding hydrogens is 306 g/mol. The second-order valence-corrected chi connectivity index (χ2v) is 5.11. The van der Waals surface area contributed by atoms with Gasteiger partial charge in [0.25, 0.3) is 6.01 Å². The number of aromatic nitrogens is 1. The zero-order chi connectivity index (χ0) is 13.2. The third kappa shape index (κ3) is 2.56. The summed E-state index contributed by atoms with van der Waals surface area (Å²) >= 11 is 3.41. The van der Waals surface area contributed by atoms with Gasteiger partial charge in [0.05, 0.1) is 5.69 Å². The van der Waals surface area contributed by atoms with Gasteiger partial charge in [-0.15, -0.1) is 0 Å². The molecule has 0 aliphatic heterocycles. The summed E-state index contributed by atoms with van der Waals surface area (Å²) in [6, 6.07) is 14.1. The van der Waals surface area contributed by atoms with Gasteiger partial charge in [-0.1, -0.05) is 34.1 Å². The van der Waals surface area contributed by atoms with Crippen molar-refractivity contribution in [3.8, 4) is 0 Å². The molecule has 0 amide bonds. The second-order valence-electron chi connectivity index (χ2n) is 4.19. The molecule has 0 bridgehead atoms. The molecular formula is C14H12BrN3O. The van der Waals surface area contributed by atoms with E-state index < -0.39 is 0 Å². The first-order valence-corrected chi connectivity index (χ1v) is 6.65. The fourth-order valence-corrected chi connectivity index (χ4v) is 2.09. The molecule has 1 heterocycles. The first-order chi connectivity index (χ1) is 9.22. The van der Waals surface area contributed by atoms with E-state index in [2.05, 4.69) is 26.2 Å². The minimum Gasteiger partial charge on any atom is -0.423 e. The molecule has 5 heteroatoms. The predicted molar refractivity (Wildman–Crippen MR) is 79.9 cm³/mol. The van der Waals surface area contributed by atoms with Crippen molar-refractivity contribution in [2.24, 2.45) is 0 Å². The molecule has 1 aromatic heterocycles. The van der Waals surface area contributed by atoms with Crippen molar-refractivity contribution in [2.45, 2.75) is 6.54 Å². The number of hydrogen-bond donors (Lipinski definition) is 2. The number of hydrogen-bond acceptors (Lipinski definition) is 4. The number of nitrogens with two attached hydrogens (primary N) is 1. The molecule has 2 aromatic carbocycles. The predicted octanol–water partition coefficient (Wildman–Crippen LogP) is 3.78. The van der Waals surface area contributed by atoms with E-state index in [0.717, 1.165) is 10.0 Å². The molecule has 0 saturated carbocycles. The quantitative estimate of drug-likeness (QED) is 0.721. The van der Waals surface area contributed by atoms with E-state index >= 15 is 0 Å². The SMILES string of the molecule is Nc1cccc2oc(NCc3ccc(Br)cc3)nc12. The Morgan fingerprint density at radius 2 is 1.95 bits per heavy atom. The number of benzene rings is 2. The van der Waals surface area contributed by atoms with Crippen LogP contribution >= 0.6 is 15.9 Å². The summed E-state index contributed by atoms with van der Waals surface area (Å²) in [5.74, 6) is 0. The van der Waals surface area contributed by atoms with Gasteiger partial charge in [-0.05, 0) is 29.8 Å². The summed E-state index contributed by atoms with van der Waals surface area (Å²) in [6.45, 7) is 0.653. The Morgan fingerprint density at radius 3 is 2.68 bits per heavy atom. The lowest BCUT2D eigenvalue weighted by Gasteiger charge is -2.01. The van der Waals surface area contributed by atoms with Crippen LogP contribution in [0.25, 0.3) is 11.1 Å². The Kier molecular flexibility index (Phi) is 3.13. The van der Waals surface area contributed by atoms with Crippen molar-refractivity contribution >= 4 is 38.7 Å². The van der Waals surface area contributed by atoms with Gasteiger partial charge < -0.3 is 15.5 Å². The highest BCUT2D eigenvalue weighted by molar-refractivity contribution is 9.10. The van der Waals surface area contributed by atoms with Crippen LogP contribution in [0.3, 0.4) is 0 Å². The maximum Gasteiger partial charge on any atom is 0.296 e. The number of anilines is 2. The lowest BCUT2D eigenvalue weighted by atomic mass is 10.2. The largest absolute Gasteiger partial charge is 0.423 e. The monoisotopic (exact) mass is 317 g/mol. The van der Waals surface area contributed by atoms with Crippen LogP contribution in [-0.4, -0.2) is 4.98 Å². The van der Waals surface area contributed by atoms with Crippen molar-refractivity contribution in [3.05, 3.63) is 52.5 Å². The molecule has 0 saturated heterocycles. The topological polar surface area (TPSA) is 64.1 Å². The van der Waals surface area contributed by atoms with Crippen LogP contribution in [0.1, 0.15) is 5.56 Å². The molecule has 0 unspecified atom stereocenters. The lowest BCUT2D eigenvalue weighted by molar-refractivity contribution is 0.614. The van der Waals surface area contributed by atoms with Gasteiger partial charge in [0.1, 0.15) is 5.52 Å². The fourth-order valence-electron chi connectivity index (χ4n) is 1.83. The van der Waals surface area contributed by atoms with Crippen LogP contribution < -0.4 is 11.1 Å². The summed E-state index contributed by atoms with van der Waals surface area (Å²) in [5.41, 5.74) is 9.00. The number of halogens is 1. The molecule has 96 valence electrons. The Morgan fingerprint density at radius 1 is 1.16 bits per heavy atom. The summed E-state index contributed by atoms with van der Waals surface area (Å²) in [6.07, 6.45) is 0. The van der Waals surface area contributed by atoms with Crippen LogP contribution in [0.5, 0.6) is 0 Å². The van der Waals surface area contributed by atoms with Crippen molar-refractivity contribution in [1.29, 1.82) is 0 Å². The minimum atomic E-state index is 0.482. The summed E-state index contributed by atoms with van der Waals surface area (Å²) < 4.78 is 6.64. The first-order valence-electron chi connectivity index (χ1n) is 5.86. The van der Waals surface area contributed by atoms with E-state index in [1.165, 1.54) is 0 Å². The number of fused-ring (bicyclic) bond motifs is 1. The van der Waals surface area contributed by atoms with E-state index in [-0.39, 0.29) is 0 Å². The van der Waals surface area contributed by atoms with Crippen molar-refractivity contribution < 1.29 is 4.42 Å². The highest BCUT2D eigenvalue weighted by Crippen LogP contribution is 2.23. The molecule has 0 spiro atoms. The molecule has 0 aliphatic rings. The fraction of sp³-hybridized carbons (Fsp3) is 0.0714. The zero-order valence-electron chi connectivity index (χ0n) is 10.1. The number of oxazole rings is 1. The van der Waals surface area contributed by atoms with Gasteiger partial charge in [0, 0.05) is 11.0 Å². The summed E-state index contributed by atoms with van der Waals surface area (Å²) in [7, 11) is 0.